The molecule has 2 aromatic rings. The first-order valence-electron chi connectivity index (χ1n) is 11.6. The third-order valence-electron chi connectivity index (χ3n) is 6.11. The zero-order chi connectivity index (χ0) is 24.5. The summed E-state index contributed by atoms with van der Waals surface area (Å²) in [6.07, 6.45) is 2.01. The van der Waals surface area contributed by atoms with Crippen molar-refractivity contribution < 1.29 is 23.9 Å². The number of piperidine rings is 1. The number of nitrogens with zero attached hydrogens (tertiary/aromatic N) is 1. The number of para-hydroxylation sites is 1. The van der Waals surface area contributed by atoms with Gasteiger partial charge in [0, 0.05) is 25.2 Å². The number of hydrogen-bond donors (Lipinski definition) is 2. The molecule has 1 fully saturated rings. The molecule has 0 radical (unpaired) electrons. The number of benzene rings is 2. The summed E-state index contributed by atoms with van der Waals surface area (Å²) in [6, 6.07) is 13.2. The van der Waals surface area contributed by atoms with Crippen molar-refractivity contribution in [2.75, 3.05) is 33.9 Å². The second-order valence-corrected chi connectivity index (χ2v) is 8.30. The van der Waals surface area contributed by atoms with Crippen LogP contribution < -0.4 is 20.1 Å². The van der Waals surface area contributed by atoms with E-state index < -0.39 is 6.04 Å². The first-order valence-corrected chi connectivity index (χ1v) is 11.6. The van der Waals surface area contributed by atoms with E-state index >= 15 is 0 Å². The fraction of sp³-hybridized carbons (Fsp3) is 0.423. The summed E-state index contributed by atoms with van der Waals surface area (Å²) in [6.45, 7) is 3.51. The molecular formula is C26H33N3O5. The van der Waals surface area contributed by atoms with Gasteiger partial charge in [-0.3, -0.25) is 14.4 Å². The molecule has 2 aromatic carbocycles. The van der Waals surface area contributed by atoms with E-state index in [4.69, 9.17) is 9.47 Å². The van der Waals surface area contributed by atoms with E-state index in [1.165, 1.54) is 0 Å². The molecule has 0 spiro atoms. The molecule has 1 heterocycles. The van der Waals surface area contributed by atoms with Crippen LogP contribution in [0.15, 0.2) is 48.5 Å². The van der Waals surface area contributed by atoms with Gasteiger partial charge in [0.15, 0.2) is 0 Å². The Morgan fingerprint density at radius 2 is 1.68 bits per heavy atom. The molecule has 1 aliphatic heterocycles. The molecule has 8 nitrogen and oxygen atoms in total. The zero-order valence-corrected chi connectivity index (χ0v) is 20.0. The zero-order valence-electron chi connectivity index (χ0n) is 20.0. The first kappa shape index (κ1) is 25.1. The first-order chi connectivity index (χ1) is 16.5. The van der Waals surface area contributed by atoms with Gasteiger partial charge < -0.3 is 25.0 Å². The van der Waals surface area contributed by atoms with E-state index in [-0.39, 0.29) is 23.6 Å². The minimum absolute atomic E-state index is 0.0826. The number of carbonyl (C=O) groups is 3. The molecule has 0 aliphatic carbocycles. The Morgan fingerprint density at radius 1 is 1.00 bits per heavy atom. The largest absolute Gasteiger partial charge is 0.497 e. The molecule has 0 unspecified atom stereocenters. The minimum atomic E-state index is -0.676. The number of rotatable bonds is 9. The summed E-state index contributed by atoms with van der Waals surface area (Å²) in [4.78, 5) is 40.7. The maximum absolute atomic E-state index is 13.0. The highest BCUT2D eigenvalue weighted by Gasteiger charge is 2.34. The quantitative estimate of drug-likeness (QED) is 0.591. The topological polar surface area (TPSA) is 97.0 Å². The van der Waals surface area contributed by atoms with Crippen LogP contribution >= 0.6 is 0 Å². The summed E-state index contributed by atoms with van der Waals surface area (Å²) in [7, 11) is 3.11. The Kier molecular flexibility index (Phi) is 8.90. The summed E-state index contributed by atoms with van der Waals surface area (Å²) in [5, 5.41) is 5.84. The standard InChI is InChI=1S/C26H33N3O5/c1-4-15-27-25(31)23(28-24(30)19-9-11-20(33-2)12-10-19)18-13-16-29(17-14-18)26(32)21-7-5-6-8-22(21)34-3/h5-12,18,23H,4,13-17H2,1-3H3,(H,27,31)(H,28,30)/t23-/m0/s1. The van der Waals surface area contributed by atoms with Crippen molar-refractivity contribution in [1.29, 1.82) is 0 Å². The molecule has 2 N–H and O–H groups in total. The Morgan fingerprint density at radius 3 is 2.29 bits per heavy atom. The highest BCUT2D eigenvalue weighted by Crippen LogP contribution is 2.26. The highest BCUT2D eigenvalue weighted by molar-refractivity contribution is 5.98. The van der Waals surface area contributed by atoms with Crippen LogP contribution in [0.3, 0.4) is 0 Å². The summed E-state index contributed by atoms with van der Waals surface area (Å²) in [5.41, 5.74) is 0.978. The number of likely N-dealkylation sites (tertiary alicyclic amines) is 1. The molecule has 1 saturated heterocycles. The molecule has 0 bridgehead atoms. The van der Waals surface area contributed by atoms with Crippen LogP contribution in [0.1, 0.15) is 46.9 Å². The molecule has 34 heavy (non-hydrogen) atoms. The maximum Gasteiger partial charge on any atom is 0.257 e. The van der Waals surface area contributed by atoms with Gasteiger partial charge in [0.2, 0.25) is 5.91 Å². The monoisotopic (exact) mass is 467 g/mol. The van der Waals surface area contributed by atoms with Gasteiger partial charge in [-0.15, -0.1) is 0 Å². The van der Waals surface area contributed by atoms with Crippen molar-refractivity contribution in [2.45, 2.75) is 32.2 Å². The van der Waals surface area contributed by atoms with Crippen molar-refractivity contribution >= 4 is 17.7 Å². The Hall–Kier alpha value is -3.55. The molecule has 8 heteroatoms. The molecule has 3 amide bonds. The van der Waals surface area contributed by atoms with Gasteiger partial charge in [0.25, 0.3) is 11.8 Å². The number of methoxy groups -OCH3 is 2. The van der Waals surface area contributed by atoms with Crippen molar-refractivity contribution in [1.82, 2.24) is 15.5 Å². The highest BCUT2D eigenvalue weighted by atomic mass is 16.5. The van der Waals surface area contributed by atoms with Crippen LogP contribution in [0, 0.1) is 5.92 Å². The van der Waals surface area contributed by atoms with E-state index in [1.807, 2.05) is 19.1 Å². The average molecular weight is 468 g/mol. The summed E-state index contributed by atoms with van der Waals surface area (Å²) >= 11 is 0. The van der Waals surface area contributed by atoms with E-state index in [1.54, 1.807) is 55.5 Å². The predicted octanol–water partition coefficient (Wildman–Crippen LogP) is 2.88. The van der Waals surface area contributed by atoms with Crippen LogP contribution in [0.4, 0.5) is 0 Å². The Bertz CT molecular complexity index is 984. The number of amides is 3. The van der Waals surface area contributed by atoms with Gasteiger partial charge >= 0.3 is 0 Å². The van der Waals surface area contributed by atoms with Crippen molar-refractivity contribution in [2.24, 2.45) is 5.92 Å². The van der Waals surface area contributed by atoms with Gasteiger partial charge in [-0.25, -0.2) is 0 Å². The fourth-order valence-corrected chi connectivity index (χ4v) is 4.15. The molecule has 1 aliphatic rings. The molecule has 3 rings (SSSR count). The molecular weight excluding hydrogens is 434 g/mol. The lowest BCUT2D eigenvalue weighted by Crippen LogP contribution is -2.54. The van der Waals surface area contributed by atoms with Gasteiger partial charge in [-0.2, -0.15) is 0 Å². The lowest BCUT2D eigenvalue weighted by atomic mass is 9.88. The molecule has 0 aromatic heterocycles. The SMILES string of the molecule is CCCNC(=O)[C@@H](NC(=O)c1ccc(OC)cc1)C1CCN(C(=O)c2ccccc2OC)CC1. The lowest BCUT2D eigenvalue weighted by molar-refractivity contribution is -0.124. The second-order valence-electron chi connectivity index (χ2n) is 8.30. The van der Waals surface area contributed by atoms with E-state index in [9.17, 15) is 14.4 Å². The van der Waals surface area contributed by atoms with Crippen LogP contribution in [-0.2, 0) is 4.79 Å². The van der Waals surface area contributed by atoms with E-state index in [0.29, 0.717) is 55.1 Å². The fourth-order valence-electron chi connectivity index (χ4n) is 4.15. The van der Waals surface area contributed by atoms with Gasteiger partial charge in [-0.1, -0.05) is 19.1 Å². The molecule has 0 saturated carbocycles. The minimum Gasteiger partial charge on any atom is -0.497 e. The smallest absolute Gasteiger partial charge is 0.257 e. The Labute approximate surface area is 200 Å². The number of nitrogens with one attached hydrogen (secondary N) is 2. The van der Waals surface area contributed by atoms with Crippen LogP contribution in [0.2, 0.25) is 0 Å². The number of carbonyl (C=O) groups excluding carboxylic acids is 3. The van der Waals surface area contributed by atoms with Crippen LogP contribution in [0.5, 0.6) is 11.5 Å². The lowest BCUT2D eigenvalue weighted by Gasteiger charge is -2.36. The molecule has 1 atom stereocenters. The van der Waals surface area contributed by atoms with Crippen LogP contribution in [0.25, 0.3) is 0 Å². The summed E-state index contributed by atoms with van der Waals surface area (Å²) in [5.74, 6) is 0.509. The van der Waals surface area contributed by atoms with Gasteiger partial charge in [-0.05, 0) is 61.6 Å². The Balaban J connectivity index is 1.69. The third-order valence-corrected chi connectivity index (χ3v) is 6.11. The van der Waals surface area contributed by atoms with Gasteiger partial charge in [0.1, 0.15) is 17.5 Å². The van der Waals surface area contributed by atoms with E-state index in [2.05, 4.69) is 10.6 Å². The third kappa shape index (κ3) is 6.07. The predicted molar refractivity (Wildman–Crippen MR) is 129 cm³/mol. The maximum atomic E-state index is 13.0. The van der Waals surface area contributed by atoms with Gasteiger partial charge in [0.05, 0.1) is 19.8 Å². The second kappa shape index (κ2) is 12.1. The molecule has 182 valence electrons. The van der Waals surface area contributed by atoms with E-state index in [0.717, 1.165) is 6.42 Å². The van der Waals surface area contributed by atoms with Crippen molar-refractivity contribution in [3.8, 4) is 11.5 Å². The number of ether oxygens (including phenoxy) is 2. The van der Waals surface area contributed by atoms with Crippen molar-refractivity contribution in [3.05, 3.63) is 59.7 Å². The normalized spacial score (nSPS) is 14.7. The van der Waals surface area contributed by atoms with Crippen molar-refractivity contribution in [3.63, 3.8) is 0 Å². The van der Waals surface area contributed by atoms with Crippen LogP contribution in [-0.4, -0.2) is 62.5 Å². The average Bonchev–Trinajstić information content (AvgIpc) is 2.89. The summed E-state index contributed by atoms with van der Waals surface area (Å²) < 4.78 is 10.5. The number of hydrogen-bond acceptors (Lipinski definition) is 5.